The summed E-state index contributed by atoms with van der Waals surface area (Å²) in [7, 11) is 0. The summed E-state index contributed by atoms with van der Waals surface area (Å²) in [6.07, 6.45) is 2.59. The van der Waals surface area contributed by atoms with Gasteiger partial charge in [0.15, 0.2) is 0 Å². The van der Waals surface area contributed by atoms with E-state index in [-0.39, 0.29) is 17.8 Å². The Balaban J connectivity index is 2.42. The zero-order chi connectivity index (χ0) is 15.6. The minimum atomic E-state index is -0.416. The van der Waals surface area contributed by atoms with Gasteiger partial charge in [-0.15, -0.1) is 0 Å². The fourth-order valence-electron chi connectivity index (χ4n) is 3.23. The second-order valence-electron chi connectivity index (χ2n) is 6.12. The highest BCUT2D eigenvalue weighted by molar-refractivity contribution is 5.94. The van der Waals surface area contributed by atoms with E-state index in [0.717, 1.165) is 30.5 Å². The quantitative estimate of drug-likeness (QED) is 0.830. The highest BCUT2D eigenvalue weighted by Crippen LogP contribution is 2.42. The van der Waals surface area contributed by atoms with Gasteiger partial charge in [-0.25, -0.2) is 9.78 Å². The molecule has 116 valence electrons. The zero-order valence-electron chi connectivity index (χ0n) is 13.0. The van der Waals surface area contributed by atoms with Crippen LogP contribution in [-0.4, -0.2) is 29.3 Å². The summed E-state index contributed by atoms with van der Waals surface area (Å²) >= 11 is 0. The van der Waals surface area contributed by atoms with Gasteiger partial charge in [0.2, 0.25) is 0 Å². The van der Waals surface area contributed by atoms with E-state index in [4.69, 9.17) is 10.5 Å². The molecule has 0 amide bonds. The molecule has 1 heterocycles. The Kier molecular flexibility index (Phi) is 4.52. The second kappa shape index (κ2) is 6.02. The lowest BCUT2D eigenvalue weighted by Crippen LogP contribution is -2.36. The number of hydrogen-bond donors (Lipinski definition) is 2. The number of pyridine rings is 1. The molecule has 0 saturated carbocycles. The normalized spacial score (nSPS) is 19.9. The van der Waals surface area contributed by atoms with Crippen molar-refractivity contribution < 1.29 is 14.6 Å². The number of aromatic nitrogens is 1. The van der Waals surface area contributed by atoms with Crippen molar-refractivity contribution in [1.82, 2.24) is 4.98 Å². The highest BCUT2D eigenvalue weighted by atomic mass is 16.5. The zero-order valence-corrected chi connectivity index (χ0v) is 13.0. The second-order valence-corrected chi connectivity index (χ2v) is 6.12. The Morgan fingerprint density at radius 1 is 1.57 bits per heavy atom. The van der Waals surface area contributed by atoms with E-state index in [1.54, 1.807) is 6.92 Å². The van der Waals surface area contributed by atoms with E-state index in [9.17, 15) is 9.90 Å². The van der Waals surface area contributed by atoms with E-state index >= 15 is 0 Å². The average molecular weight is 292 g/mol. The molecule has 5 heteroatoms. The Bertz CT molecular complexity index is 541. The van der Waals surface area contributed by atoms with Crippen molar-refractivity contribution >= 4 is 11.8 Å². The monoisotopic (exact) mass is 292 g/mol. The summed E-state index contributed by atoms with van der Waals surface area (Å²) in [5.74, 6) is 0.181. The van der Waals surface area contributed by atoms with Crippen LogP contribution in [0.5, 0.6) is 0 Å². The largest absolute Gasteiger partial charge is 0.462 e. The van der Waals surface area contributed by atoms with Gasteiger partial charge in [-0.3, -0.25) is 0 Å². The topological polar surface area (TPSA) is 85.4 Å². The molecule has 0 spiro atoms. The summed E-state index contributed by atoms with van der Waals surface area (Å²) in [5.41, 5.74) is 8.16. The fourth-order valence-corrected chi connectivity index (χ4v) is 3.23. The van der Waals surface area contributed by atoms with Crippen LogP contribution in [0, 0.1) is 5.92 Å². The Morgan fingerprint density at radius 3 is 2.90 bits per heavy atom. The number of aryl methyl sites for hydroxylation is 1. The lowest BCUT2D eigenvalue weighted by molar-refractivity contribution is 0.0527. The van der Waals surface area contributed by atoms with Crippen molar-refractivity contribution in [2.24, 2.45) is 5.92 Å². The number of carbonyl (C=O) groups excluding carboxylic acids is 1. The molecule has 0 radical (unpaired) electrons. The molecule has 2 rings (SSSR count). The van der Waals surface area contributed by atoms with E-state index < -0.39 is 5.97 Å². The molecule has 1 unspecified atom stereocenters. The molecule has 0 fully saturated rings. The van der Waals surface area contributed by atoms with Crippen LogP contribution in [0.3, 0.4) is 0 Å². The molecule has 0 bridgehead atoms. The van der Waals surface area contributed by atoms with E-state index in [1.165, 1.54) is 0 Å². The molecule has 0 aromatic carbocycles. The number of aliphatic hydroxyl groups is 1. The maximum atomic E-state index is 11.9. The van der Waals surface area contributed by atoms with Gasteiger partial charge >= 0.3 is 5.97 Å². The SMILES string of the molecule is CCOC(=O)c1cc2c(nc1N)C(C)(C)C(CCO)CC2. The predicted octanol–water partition coefficient (Wildman–Crippen LogP) is 2.06. The number of nitrogen functional groups attached to an aromatic ring is 1. The number of hydrogen-bond acceptors (Lipinski definition) is 5. The summed E-state index contributed by atoms with van der Waals surface area (Å²) in [5, 5.41) is 9.22. The standard InChI is InChI=1S/C16H24N2O3/c1-4-21-15(20)12-9-10-5-6-11(7-8-19)16(2,3)13(10)18-14(12)17/h9,11,19H,4-8H2,1-3H3,(H2,17,18). The number of rotatable bonds is 4. The Labute approximate surface area is 125 Å². The third-order valence-corrected chi connectivity index (χ3v) is 4.50. The van der Waals surface area contributed by atoms with Crippen LogP contribution in [0.1, 0.15) is 55.2 Å². The maximum absolute atomic E-state index is 11.9. The van der Waals surface area contributed by atoms with Gasteiger partial charge in [0.05, 0.1) is 12.3 Å². The van der Waals surface area contributed by atoms with Crippen LogP contribution in [0.15, 0.2) is 6.07 Å². The highest BCUT2D eigenvalue weighted by Gasteiger charge is 2.38. The minimum absolute atomic E-state index is 0.155. The molecule has 1 aliphatic carbocycles. The van der Waals surface area contributed by atoms with Crippen LogP contribution in [0.2, 0.25) is 0 Å². The lowest BCUT2D eigenvalue weighted by Gasteiger charge is -2.39. The number of anilines is 1. The Hall–Kier alpha value is -1.62. The molecular weight excluding hydrogens is 268 g/mol. The first-order valence-electron chi connectivity index (χ1n) is 7.49. The molecule has 5 nitrogen and oxygen atoms in total. The van der Waals surface area contributed by atoms with Crippen LogP contribution in [0.4, 0.5) is 5.82 Å². The number of nitrogens with two attached hydrogens (primary N) is 1. The first kappa shape index (κ1) is 15.8. The predicted molar refractivity (Wildman–Crippen MR) is 81.1 cm³/mol. The van der Waals surface area contributed by atoms with E-state index in [0.29, 0.717) is 18.1 Å². The van der Waals surface area contributed by atoms with E-state index in [1.807, 2.05) is 6.07 Å². The number of ether oxygens (including phenoxy) is 1. The average Bonchev–Trinajstić information content (AvgIpc) is 2.43. The van der Waals surface area contributed by atoms with Gasteiger partial charge in [-0.2, -0.15) is 0 Å². The number of nitrogens with zero attached hydrogens (tertiary/aromatic N) is 1. The van der Waals surface area contributed by atoms with E-state index in [2.05, 4.69) is 18.8 Å². The number of aliphatic hydroxyl groups excluding tert-OH is 1. The third kappa shape index (κ3) is 2.88. The summed E-state index contributed by atoms with van der Waals surface area (Å²) in [6.45, 7) is 6.52. The van der Waals surface area contributed by atoms with Gasteiger partial charge in [-0.05, 0) is 43.7 Å². The van der Waals surface area contributed by atoms with Gasteiger partial charge in [0.25, 0.3) is 0 Å². The Morgan fingerprint density at radius 2 is 2.29 bits per heavy atom. The summed E-state index contributed by atoms with van der Waals surface area (Å²) in [6, 6.07) is 1.83. The van der Waals surface area contributed by atoms with Crippen molar-refractivity contribution in [2.75, 3.05) is 18.9 Å². The fraction of sp³-hybridized carbons (Fsp3) is 0.625. The van der Waals surface area contributed by atoms with Gasteiger partial charge in [0.1, 0.15) is 11.4 Å². The van der Waals surface area contributed by atoms with Gasteiger partial charge in [0, 0.05) is 12.0 Å². The first-order valence-corrected chi connectivity index (χ1v) is 7.49. The van der Waals surface area contributed by atoms with Crippen molar-refractivity contribution in [1.29, 1.82) is 0 Å². The molecule has 3 N–H and O–H groups in total. The maximum Gasteiger partial charge on any atom is 0.341 e. The number of fused-ring (bicyclic) bond motifs is 1. The first-order chi connectivity index (χ1) is 9.91. The van der Waals surface area contributed by atoms with Gasteiger partial charge < -0.3 is 15.6 Å². The van der Waals surface area contributed by atoms with Crippen LogP contribution < -0.4 is 5.73 Å². The molecule has 1 atom stereocenters. The smallest absolute Gasteiger partial charge is 0.341 e. The van der Waals surface area contributed by atoms with Crippen molar-refractivity contribution in [3.63, 3.8) is 0 Å². The lowest BCUT2D eigenvalue weighted by atomic mass is 9.66. The molecular formula is C16H24N2O3. The van der Waals surface area contributed by atoms with Crippen LogP contribution in [-0.2, 0) is 16.6 Å². The molecule has 0 saturated heterocycles. The van der Waals surface area contributed by atoms with Crippen molar-refractivity contribution in [2.45, 2.75) is 45.4 Å². The third-order valence-electron chi connectivity index (χ3n) is 4.50. The van der Waals surface area contributed by atoms with Crippen LogP contribution >= 0.6 is 0 Å². The molecule has 21 heavy (non-hydrogen) atoms. The molecule has 1 aromatic heterocycles. The molecule has 1 aromatic rings. The van der Waals surface area contributed by atoms with Gasteiger partial charge in [-0.1, -0.05) is 13.8 Å². The molecule has 0 aliphatic heterocycles. The van der Waals surface area contributed by atoms with Crippen molar-refractivity contribution in [3.8, 4) is 0 Å². The van der Waals surface area contributed by atoms with Crippen LogP contribution in [0.25, 0.3) is 0 Å². The van der Waals surface area contributed by atoms with Crippen molar-refractivity contribution in [3.05, 3.63) is 22.9 Å². The minimum Gasteiger partial charge on any atom is -0.462 e. The number of esters is 1. The number of carbonyl (C=O) groups is 1. The summed E-state index contributed by atoms with van der Waals surface area (Å²) in [4.78, 5) is 16.4. The summed E-state index contributed by atoms with van der Waals surface area (Å²) < 4.78 is 5.02. The molecule has 1 aliphatic rings.